The molecule has 0 aliphatic rings. The number of rotatable bonds is 5. The lowest BCUT2D eigenvalue weighted by molar-refractivity contribution is -0.0207. The molecule has 9 heteroatoms. The Morgan fingerprint density at radius 1 is 1.38 bits per heavy atom. The quantitative estimate of drug-likeness (QED) is 0.555. The highest BCUT2D eigenvalue weighted by Gasteiger charge is 2.51. The zero-order valence-corrected chi connectivity index (χ0v) is 11.4. The Morgan fingerprint density at radius 3 is 2.44 bits per heavy atom. The van der Waals surface area contributed by atoms with Crippen molar-refractivity contribution in [3.63, 3.8) is 0 Å². The van der Waals surface area contributed by atoms with Crippen molar-refractivity contribution >= 4 is 57.9 Å². The summed E-state index contributed by atoms with van der Waals surface area (Å²) >= 11 is 17.4. The molecule has 1 rings (SSSR count). The number of aromatic nitrogens is 1. The third-order valence-corrected chi connectivity index (χ3v) is 4.61. The van der Waals surface area contributed by atoms with Crippen molar-refractivity contribution in [1.29, 1.82) is 0 Å². The summed E-state index contributed by atoms with van der Waals surface area (Å²) in [5, 5.41) is -7.34. The molecule has 0 amide bonds. The molecule has 0 fully saturated rings. The van der Waals surface area contributed by atoms with Gasteiger partial charge in [-0.3, -0.25) is 0 Å². The Hall–Kier alpha value is 0.640. The van der Waals surface area contributed by atoms with Gasteiger partial charge < -0.3 is 0 Å². The van der Waals surface area contributed by atoms with Crippen LogP contribution in [0, 0.1) is 0 Å². The van der Waals surface area contributed by atoms with Gasteiger partial charge in [-0.1, -0.05) is 46.3 Å². The van der Waals surface area contributed by atoms with E-state index in [0.717, 1.165) is 11.8 Å². The van der Waals surface area contributed by atoms with Gasteiger partial charge in [0.05, 0.1) is 6.20 Å². The van der Waals surface area contributed by atoms with Crippen LogP contribution >= 0.6 is 57.9 Å². The smallest absolute Gasteiger partial charge is 0.237 e. The van der Waals surface area contributed by atoms with E-state index in [-0.39, 0.29) is 5.75 Å². The fourth-order valence-corrected chi connectivity index (χ4v) is 3.24. The third-order valence-electron chi connectivity index (χ3n) is 1.51. The van der Waals surface area contributed by atoms with E-state index in [1.54, 1.807) is 0 Å². The van der Waals surface area contributed by atoms with Crippen molar-refractivity contribution in [3.05, 3.63) is 10.5 Å². The molecular formula is C7H5Cl3F3NS2. The van der Waals surface area contributed by atoms with Gasteiger partial charge in [0.25, 0.3) is 5.13 Å². The molecule has 1 atom stereocenters. The van der Waals surface area contributed by atoms with Crippen LogP contribution < -0.4 is 0 Å². The molecule has 0 N–H and O–H groups in total. The maximum Gasteiger partial charge on any atom is 0.369 e. The van der Waals surface area contributed by atoms with Crippen molar-refractivity contribution < 1.29 is 13.2 Å². The van der Waals surface area contributed by atoms with E-state index in [2.05, 4.69) is 16.6 Å². The number of nitrogens with zero attached hydrogens (tertiary/aromatic N) is 1. The summed E-state index contributed by atoms with van der Waals surface area (Å²) in [6, 6.07) is 0. The van der Waals surface area contributed by atoms with E-state index < -0.39 is 16.9 Å². The maximum absolute atomic E-state index is 13.1. The fourth-order valence-electron chi connectivity index (χ4n) is 0.715. The second kappa shape index (κ2) is 5.52. The molecule has 1 nitrogen and oxygen atoms in total. The van der Waals surface area contributed by atoms with E-state index in [4.69, 9.17) is 23.2 Å². The lowest BCUT2D eigenvalue weighted by atomic mass is 10.3. The van der Waals surface area contributed by atoms with Crippen molar-refractivity contribution in [2.45, 2.75) is 21.3 Å². The average molecular weight is 331 g/mol. The van der Waals surface area contributed by atoms with E-state index >= 15 is 0 Å². The van der Waals surface area contributed by atoms with E-state index in [1.165, 1.54) is 17.5 Å². The van der Waals surface area contributed by atoms with Gasteiger partial charge in [0, 0.05) is 12.2 Å². The first-order chi connectivity index (χ1) is 7.22. The van der Waals surface area contributed by atoms with E-state index in [9.17, 15) is 13.2 Å². The largest absolute Gasteiger partial charge is 0.369 e. The van der Waals surface area contributed by atoms with Crippen LogP contribution in [0.4, 0.5) is 13.2 Å². The van der Waals surface area contributed by atoms with Crippen molar-refractivity contribution in [3.8, 4) is 0 Å². The van der Waals surface area contributed by atoms with Crippen LogP contribution in [0.25, 0.3) is 0 Å². The summed E-state index contributed by atoms with van der Waals surface area (Å²) in [5.74, 6) is 0.0339. The molecule has 0 saturated heterocycles. The summed E-state index contributed by atoms with van der Waals surface area (Å²) in [6.45, 7) is 0. The van der Waals surface area contributed by atoms with Gasteiger partial charge in [0.15, 0.2) is 4.34 Å². The number of thioether (sulfide) groups is 1. The van der Waals surface area contributed by atoms with Crippen LogP contribution in [-0.4, -0.2) is 21.2 Å². The minimum Gasteiger partial charge on any atom is -0.237 e. The fraction of sp³-hybridized carbons (Fsp3) is 0.571. The number of hydrogen-bond donors (Lipinski definition) is 0. The first-order valence-electron chi connectivity index (χ1n) is 3.91. The van der Waals surface area contributed by atoms with Crippen molar-refractivity contribution in [2.75, 3.05) is 5.75 Å². The molecule has 0 aromatic carbocycles. The van der Waals surface area contributed by atoms with Crippen molar-refractivity contribution in [1.82, 2.24) is 4.98 Å². The molecule has 0 radical (unpaired) electrons. The summed E-state index contributed by atoms with van der Waals surface area (Å²) < 4.78 is 39.1. The minimum absolute atomic E-state index is 0.0339. The SMILES string of the molecule is FC(F)(Cl)C(F)(Cl)CCSc1ncc(Cl)s1. The summed E-state index contributed by atoms with van der Waals surface area (Å²) in [6.07, 6.45) is 0.834. The van der Waals surface area contributed by atoms with Gasteiger partial charge in [-0.2, -0.15) is 8.78 Å². The van der Waals surface area contributed by atoms with Crippen LogP contribution in [0.1, 0.15) is 6.42 Å². The lowest BCUT2D eigenvalue weighted by Gasteiger charge is -2.21. The molecule has 1 aromatic rings. The van der Waals surface area contributed by atoms with Gasteiger partial charge in [-0.15, -0.1) is 0 Å². The zero-order valence-electron chi connectivity index (χ0n) is 7.52. The Kier molecular flexibility index (Phi) is 5.07. The first kappa shape index (κ1) is 14.7. The first-order valence-corrected chi connectivity index (χ1v) is 6.84. The highest BCUT2D eigenvalue weighted by molar-refractivity contribution is 8.01. The normalized spacial score (nSPS) is 16.1. The monoisotopic (exact) mass is 329 g/mol. The molecule has 1 unspecified atom stereocenters. The van der Waals surface area contributed by atoms with Crippen molar-refractivity contribution in [2.24, 2.45) is 0 Å². The van der Waals surface area contributed by atoms with Gasteiger partial charge in [-0.05, 0) is 11.6 Å². The Bertz CT molecular complexity index is 353. The number of hydrogen-bond acceptors (Lipinski definition) is 3. The van der Waals surface area contributed by atoms with Gasteiger partial charge in [0.2, 0.25) is 0 Å². The Morgan fingerprint density at radius 2 is 2.00 bits per heavy atom. The van der Waals surface area contributed by atoms with Gasteiger partial charge >= 0.3 is 5.38 Å². The molecule has 0 bridgehead atoms. The van der Waals surface area contributed by atoms with Crippen LogP contribution in [-0.2, 0) is 0 Å². The van der Waals surface area contributed by atoms with Crippen LogP contribution in [0.15, 0.2) is 10.5 Å². The predicted molar refractivity (Wildman–Crippen MR) is 63.0 cm³/mol. The molecular weight excluding hydrogens is 326 g/mol. The topological polar surface area (TPSA) is 12.9 Å². The standard InChI is InChI=1S/C7H5Cl3F3NS2/c8-4-3-14-5(16-4)15-2-1-6(9,11)7(10,12)13/h3H,1-2H2. The number of thiazole rings is 1. The summed E-state index contributed by atoms with van der Waals surface area (Å²) in [7, 11) is 0. The average Bonchev–Trinajstić information content (AvgIpc) is 2.49. The molecule has 92 valence electrons. The number of halogens is 6. The second-order valence-electron chi connectivity index (χ2n) is 2.73. The minimum atomic E-state index is -4.09. The van der Waals surface area contributed by atoms with Crippen LogP contribution in [0.5, 0.6) is 0 Å². The van der Waals surface area contributed by atoms with E-state index in [0.29, 0.717) is 8.68 Å². The molecule has 1 heterocycles. The summed E-state index contributed by atoms with van der Waals surface area (Å²) in [4.78, 5) is 3.86. The predicted octanol–water partition coefficient (Wildman–Crippen LogP) is 5.01. The Balaban J connectivity index is 2.41. The van der Waals surface area contributed by atoms with Crippen LogP contribution in [0.2, 0.25) is 4.34 Å². The van der Waals surface area contributed by atoms with Crippen LogP contribution in [0.3, 0.4) is 0 Å². The zero-order chi connectivity index (χ0) is 12.4. The molecule has 0 aliphatic heterocycles. The maximum atomic E-state index is 13.1. The van der Waals surface area contributed by atoms with E-state index in [1.807, 2.05) is 0 Å². The highest BCUT2D eigenvalue weighted by atomic mass is 35.5. The molecule has 0 aliphatic carbocycles. The third kappa shape index (κ3) is 4.14. The molecule has 16 heavy (non-hydrogen) atoms. The molecule has 0 saturated carbocycles. The summed E-state index contributed by atoms with van der Waals surface area (Å²) in [5.41, 5.74) is 0. The second-order valence-corrected chi connectivity index (χ2v) is 6.81. The molecule has 1 aromatic heterocycles. The highest BCUT2D eigenvalue weighted by Crippen LogP contribution is 2.43. The Labute approximate surface area is 113 Å². The van der Waals surface area contributed by atoms with Gasteiger partial charge in [0.1, 0.15) is 4.34 Å². The number of alkyl halides is 5. The molecule has 0 spiro atoms. The van der Waals surface area contributed by atoms with Gasteiger partial charge in [-0.25, -0.2) is 9.37 Å². The lowest BCUT2D eigenvalue weighted by Crippen LogP contribution is -2.34.